The fourth-order valence-electron chi connectivity index (χ4n) is 9.41. The number of fused-ring (bicyclic) bond motifs is 8. The first kappa shape index (κ1) is 74.0. The first-order valence-corrected chi connectivity index (χ1v) is 30.6. The summed E-state index contributed by atoms with van der Waals surface area (Å²) in [7, 11) is 0. The van der Waals surface area contributed by atoms with E-state index in [2.05, 4.69) is 132 Å². The summed E-state index contributed by atoms with van der Waals surface area (Å²) in [5.74, 6) is -0.310. The molecule has 15 heteroatoms. The van der Waals surface area contributed by atoms with Crippen LogP contribution in [-0.4, -0.2) is 78.5 Å². The van der Waals surface area contributed by atoms with Crippen LogP contribution in [0.1, 0.15) is 247 Å². The summed E-state index contributed by atoms with van der Waals surface area (Å²) in [4.78, 5) is 63.8. The van der Waals surface area contributed by atoms with Gasteiger partial charge in [0.2, 0.25) is 0 Å². The number of carbonyl (C=O) groups is 5. The highest BCUT2D eigenvalue weighted by Gasteiger charge is 2.31. The van der Waals surface area contributed by atoms with Crippen LogP contribution in [0, 0.1) is 0 Å². The normalized spacial score (nSPS) is 13.8. The maximum absolute atomic E-state index is 13.6. The van der Waals surface area contributed by atoms with Crippen LogP contribution in [0.25, 0.3) is 0 Å². The lowest BCUT2D eigenvalue weighted by molar-refractivity contribution is -0.158. The molecular formula is C73H106O15. The van der Waals surface area contributed by atoms with Gasteiger partial charge in [0.15, 0.2) is 26.4 Å². The molecule has 4 aromatic carbocycles. The number of hydrogen-bond acceptors (Lipinski definition) is 15. The molecule has 5 rings (SSSR count). The first-order valence-electron chi connectivity index (χ1n) is 30.6. The zero-order chi connectivity index (χ0) is 66.9. The lowest BCUT2D eigenvalue weighted by atomic mass is 9.82. The molecule has 88 heavy (non-hydrogen) atoms. The number of carbonyl (C=O) groups excluding carboxylic acids is 5. The molecule has 0 saturated carbocycles. The Bertz CT molecular complexity index is 2700. The second-order valence-electron chi connectivity index (χ2n) is 31.2. The zero-order valence-corrected chi connectivity index (χ0v) is 58.3. The monoisotopic (exact) mass is 1220 g/mol. The van der Waals surface area contributed by atoms with Crippen molar-refractivity contribution in [1.82, 2.24) is 0 Å². The molecule has 0 saturated heterocycles. The second kappa shape index (κ2) is 29.0. The molecule has 0 aliphatic carbocycles. The Morgan fingerprint density at radius 3 is 0.614 bits per heavy atom. The average molecular weight is 1220 g/mol. The topological polar surface area (TPSA) is 178 Å². The van der Waals surface area contributed by atoms with Gasteiger partial charge in [0, 0.05) is 35.1 Å². The Kier molecular flexibility index (Phi) is 24.4. The highest BCUT2D eigenvalue weighted by molar-refractivity contribution is 5.74. The summed E-state index contributed by atoms with van der Waals surface area (Å²) in [5, 5.41) is 0. The van der Waals surface area contributed by atoms with Gasteiger partial charge < -0.3 is 52.2 Å². The Labute approximate surface area is 526 Å². The van der Waals surface area contributed by atoms with E-state index in [-0.39, 0.29) is 66.7 Å². The molecule has 0 radical (unpaired) electrons. The fourth-order valence-corrected chi connectivity index (χ4v) is 9.41. The van der Waals surface area contributed by atoms with Gasteiger partial charge in [-0.05, 0) is 187 Å². The Hall–Kier alpha value is -6.45. The van der Waals surface area contributed by atoms with Crippen LogP contribution < -0.4 is 18.9 Å². The number of benzene rings is 4. The largest absolute Gasteiger partial charge is 0.481 e. The molecule has 0 N–H and O–H groups in total. The third-order valence-corrected chi connectivity index (χ3v) is 13.2. The van der Waals surface area contributed by atoms with E-state index in [0.717, 1.165) is 44.5 Å². The van der Waals surface area contributed by atoms with Gasteiger partial charge in [0.25, 0.3) is 0 Å². The van der Waals surface area contributed by atoms with E-state index in [0.29, 0.717) is 45.3 Å². The van der Waals surface area contributed by atoms with E-state index >= 15 is 0 Å². The molecule has 0 unspecified atom stereocenters. The number of hydrogen-bond donors (Lipinski definition) is 0. The molecule has 0 aromatic heterocycles. The van der Waals surface area contributed by atoms with Crippen molar-refractivity contribution in [1.29, 1.82) is 0 Å². The van der Waals surface area contributed by atoms with Gasteiger partial charge in [-0.15, -0.1) is 0 Å². The van der Waals surface area contributed by atoms with Gasteiger partial charge in [-0.3, -0.25) is 0 Å². The molecule has 8 bridgehead atoms. The standard InChI is InChI=1S/C70H100O14.C3H6O/c1-63(2,3)51-27-43-25-44-28-52(64(4,5)6)33-49(60(44)78-40-56(72)82-68(16,17)18)37-76-38-50-34-54(66(10,11)12)30-46(62(50)80-42-58(74)84-70(22,23)24)26-45-29-53(65(7,8)9)32-48(61(45)79-41-57(73)83-69(19,20)21)36-75-35-47(31-51)59(43)77-39-55(71)81-67(13,14)15;1-3(2)4/h27-34H,25-26,35-42H2,1-24H3;1-2H3. The van der Waals surface area contributed by atoms with Crippen molar-refractivity contribution in [2.75, 3.05) is 26.4 Å². The van der Waals surface area contributed by atoms with E-state index < -0.39 is 72.7 Å². The fraction of sp³-hybridized carbons (Fsp3) is 0.603. The lowest BCUT2D eigenvalue weighted by Crippen LogP contribution is -2.28. The van der Waals surface area contributed by atoms with Crippen LogP contribution in [0.3, 0.4) is 0 Å². The molecular weight excluding hydrogens is 1120 g/mol. The predicted molar refractivity (Wildman–Crippen MR) is 345 cm³/mol. The van der Waals surface area contributed by atoms with Crippen LogP contribution in [0.5, 0.6) is 23.0 Å². The Balaban J connectivity index is 0.00000401. The lowest BCUT2D eigenvalue weighted by Gasteiger charge is -2.28. The van der Waals surface area contributed by atoms with E-state index in [1.54, 1.807) is 0 Å². The number of rotatable bonds is 12. The summed E-state index contributed by atoms with van der Waals surface area (Å²) in [5.41, 5.74) is 4.95. The van der Waals surface area contributed by atoms with Crippen LogP contribution in [0.2, 0.25) is 0 Å². The van der Waals surface area contributed by atoms with Crippen molar-refractivity contribution in [3.05, 3.63) is 115 Å². The zero-order valence-electron chi connectivity index (χ0n) is 58.3. The van der Waals surface area contributed by atoms with Crippen molar-refractivity contribution in [2.45, 2.75) is 263 Å². The van der Waals surface area contributed by atoms with Gasteiger partial charge >= 0.3 is 23.9 Å². The van der Waals surface area contributed by atoms with E-state index in [9.17, 15) is 24.0 Å². The van der Waals surface area contributed by atoms with Gasteiger partial charge in [-0.2, -0.15) is 0 Å². The van der Waals surface area contributed by atoms with Crippen LogP contribution >= 0.6 is 0 Å². The molecule has 0 spiro atoms. The van der Waals surface area contributed by atoms with Crippen molar-refractivity contribution < 1.29 is 71.3 Å². The van der Waals surface area contributed by atoms with Gasteiger partial charge in [0.05, 0.1) is 26.4 Å². The average Bonchev–Trinajstić information content (AvgIpc) is 0.970. The van der Waals surface area contributed by atoms with Crippen LogP contribution in [0.4, 0.5) is 0 Å². The maximum atomic E-state index is 13.6. The van der Waals surface area contributed by atoms with Crippen molar-refractivity contribution >= 4 is 29.7 Å². The van der Waals surface area contributed by atoms with Gasteiger partial charge in [0.1, 0.15) is 51.2 Å². The summed E-state index contributed by atoms with van der Waals surface area (Å²) in [6.07, 6.45) is 0.445. The quantitative estimate of drug-likeness (QED) is 0.0966. The number of ketones is 1. The first-order chi connectivity index (χ1) is 40.0. The summed E-state index contributed by atoms with van der Waals surface area (Å²) >= 11 is 0. The number of ether oxygens (including phenoxy) is 10. The van der Waals surface area contributed by atoms with Crippen molar-refractivity contribution in [3.8, 4) is 23.0 Å². The van der Waals surface area contributed by atoms with Gasteiger partial charge in [-0.1, -0.05) is 107 Å². The molecule has 15 nitrogen and oxygen atoms in total. The Morgan fingerprint density at radius 2 is 0.466 bits per heavy atom. The summed E-state index contributed by atoms with van der Waals surface area (Å²) in [6.45, 7) is 48.9. The molecule has 1 aliphatic heterocycles. The number of Topliss-reactive ketones (excluding diaryl/α,β-unsaturated/α-hetero) is 1. The molecule has 1 heterocycles. The highest BCUT2D eigenvalue weighted by Crippen LogP contribution is 2.42. The van der Waals surface area contributed by atoms with E-state index in [1.807, 2.05) is 83.1 Å². The van der Waals surface area contributed by atoms with Crippen molar-refractivity contribution in [2.24, 2.45) is 0 Å². The minimum atomic E-state index is -0.771. The summed E-state index contributed by atoms with van der Waals surface area (Å²) < 4.78 is 63.6. The van der Waals surface area contributed by atoms with Crippen LogP contribution in [0.15, 0.2) is 48.5 Å². The summed E-state index contributed by atoms with van der Waals surface area (Å²) in [6, 6.07) is 16.6. The van der Waals surface area contributed by atoms with Crippen molar-refractivity contribution in [3.63, 3.8) is 0 Å². The van der Waals surface area contributed by atoms with E-state index in [4.69, 9.17) is 47.4 Å². The predicted octanol–water partition coefficient (Wildman–Crippen LogP) is 15.3. The minimum absolute atomic E-state index is 0.0178. The second-order valence-corrected chi connectivity index (χ2v) is 31.2. The van der Waals surface area contributed by atoms with Gasteiger partial charge in [-0.25, -0.2) is 19.2 Å². The van der Waals surface area contributed by atoms with Crippen LogP contribution in [-0.2, 0) is 113 Å². The van der Waals surface area contributed by atoms with E-state index in [1.165, 1.54) is 13.8 Å². The molecule has 4 aromatic rings. The maximum Gasteiger partial charge on any atom is 0.344 e. The molecule has 488 valence electrons. The highest BCUT2D eigenvalue weighted by atomic mass is 16.6. The smallest absolute Gasteiger partial charge is 0.344 e. The molecule has 0 fully saturated rings. The third kappa shape index (κ3) is 24.5. The molecule has 1 aliphatic rings. The minimum Gasteiger partial charge on any atom is -0.481 e. The SMILES string of the molecule is CC(C)(C)OC(=O)COc1c2cc(C(C)(C)C)cc1Cc1cc(C(C)(C)C)cc(c1OCC(=O)OC(C)(C)C)COCc1cc(C(C)(C)C)cc(c1OCC(=O)OC(C)(C)C)Cc1cc(C(C)(C)C)cc(c1OCC(=O)OC(C)(C)C)COC2.CC(C)=O. The number of esters is 4. The molecule has 0 atom stereocenters. The Morgan fingerprint density at radius 1 is 0.307 bits per heavy atom. The third-order valence-electron chi connectivity index (χ3n) is 13.2. The molecule has 0 amide bonds.